The van der Waals surface area contributed by atoms with E-state index in [0.29, 0.717) is 25.9 Å². The fraction of sp³-hybridized carbons (Fsp3) is 0.419. The van der Waals surface area contributed by atoms with Gasteiger partial charge in [0.25, 0.3) is 0 Å². The molecule has 0 spiro atoms. The molecule has 1 aliphatic heterocycles. The number of aliphatic hydroxyl groups is 1. The Bertz CT molecular complexity index is 1130. The molecule has 3 aromatic carbocycles. The standard InChI is InChI=1S/C29H29ClF5NO.C2H6/c30-27-13-8-22(19-26(27)29(33,34)35)28(37)14-17-36(18-15-28)16-2-1-3-25(20-4-9-23(31)10-5-20)21-6-11-24(32)12-7-21;1-2/h4-13,19,25,37H,1-3,14-18H2;1-2H3. The lowest BCUT2D eigenvalue weighted by molar-refractivity contribution is -0.137. The molecule has 1 saturated heterocycles. The van der Waals surface area contributed by atoms with Gasteiger partial charge in [-0.3, -0.25) is 0 Å². The van der Waals surface area contributed by atoms with Crippen molar-refractivity contribution in [1.82, 2.24) is 4.90 Å². The minimum absolute atomic E-state index is 0.0142. The molecule has 0 aliphatic carbocycles. The van der Waals surface area contributed by atoms with Gasteiger partial charge in [-0.15, -0.1) is 0 Å². The molecule has 3 aromatic rings. The number of hydrogen-bond donors (Lipinski definition) is 1. The maximum absolute atomic E-state index is 13.4. The van der Waals surface area contributed by atoms with Crippen LogP contribution in [0.1, 0.15) is 74.1 Å². The highest BCUT2D eigenvalue weighted by Gasteiger charge is 2.38. The molecule has 0 radical (unpaired) electrons. The lowest BCUT2D eigenvalue weighted by Crippen LogP contribution is -2.43. The van der Waals surface area contributed by atoms with Crippen LogP contribution in [0, 0.1) is 11.6 Å². The van der Waals surface area contributed by atoms with Gasteiger partial charge >= 0.3 is 6.18 Å². The van der Waals surface area contributed by atoms with Crippen molar-refractivity contribution in [2.45, 2.75) is 63.6 Å². The zero-order valence-corrected chi connectivity index (χ0v) is 23.0. The van der Waals surface area contributed by atoms with Crippen molar-refractivity contribution >= 4 is 11.6 Å². The van der Waals surface area contributed by atoms with Gasteiger partial charge in [0.2, 0.25) is 0 Å². The van der Waals surface area contributed by atoms with Gasteiger partial charge in [0.05, 0.1) is 16.2 Å². The number of rotatable bonds is 8. The number of likely N-dealkylation sites (tertiary alicyclic amines) is 1. The zero-order valence-electron chi connectivity index (χ0n) is 22.2. The van der Waals surface area contributed by atoms with Crippen LogP contribution in [-0.2, 0) is 11.8 Å². The number of alkyl halides is 3. The third-order valence-corrected chi connectivity index (χ3v) is 7.58. The van der Waals surface area contributed by atoms with Gasteiger partial charge in [-0.2, -0.15) is 13.2 Å². The summed E-state index contributed by atoms with van der Waals surface area (Å²) in [4.78, 5) is 2.21. The Morgan fingerprint density at radius 1 is 0.846 bits per heavy atom. The van der Waals surface area contributed by atoms with Crippen molar-refractivity contribution in [3.63, 3.8) is 0 Å². The van der Waals surface area contributed by atoms with Crippen molar-refractivity contribution in [1.29, 1.82) is 0 Å². The number of hydrogen-bond acceptors (Lipinski definition) is 2. The Morgan fingerprint density at radius 3 is 1.85 bits per heavy atom. The Balaban J connectivity index is 0.00000205. The highest BCUT2D eigenvalue weighted by Crippen LogP contribution is 2.40. The van der Waals surface area contributed by atoms with Crippen molar-refractivity contribution in [2.24, 2.45) is 0 Å². The van der Waals surface area contributed by atoms with Crippen LogP contribution in [-0.4, -0.2) is 29.6 Å². The normalized spacial score (nSPS) is 15.6. The van der Waals surface area contributed by atoms with Crippen LogP contribution < -0.4 is 0 Å². The van der Waals surface area contributed by atoms with E-state index in [-0.39, 0.29) is 28.1 Å². The van der Waals surface area contributed by atoms with Crippen LogP contribution in [0.15, 0.2) is 66.7 Å². The number of benzene rings is 3. The second-order valence-electron chi connectivity index (χ2n) is 9.72. The summed E-state index contributed by atoms with van der Waals surface area (Å²) in [6.45, 7) is 5.93. The second kappa shape index (κ2) is 13.7. The minimum Gasteiger partial charge on any atom is -0.385 e. The maximum atomic E-state index is 13.4. The quantitative estimate of drug-likeness (QED) is 0.217. The maximum Gasteiger partial charge on any atom is 0.417 e. The first-order chi connectivity index (χ1) is 18.5. The summed E-state index contributed by atoms with van der Waals surface area (Å²) in [6, 6.07) is 16.4. The van der Waals surface area contributed by atoms with E-state index in [4.69, 9.17) is 11.6 Å². The van der Waals surface area contributed by atoms with Crippen molar-refractivity contribution in [2.75, 3.05) is 19.6 Å². The summed E-state index contributed by atoms with van der Waals surface area (Å²) in [5, 5.41) is 10.7. The SMILES string of the molecule is CC.OC1(c2ccc(Cl)c(C(F)(F)F)c2)CCN(CCCCC(c2ccc(F)cc2)c2ccc(F)cc2)CC1. The van der Waals surface area contributed by atoms with E-state index < -0.39 is 17.3 Å². The van der Waals surface area contributed by atoms with Crippen LogP contribution in [0.4, 0.5) is 22.0 Å². The first kappa shape index (κ1) is 31.1. The molecule has 0 bridgehead atoms. The Hall–Kier alpha value is -2.48. The molecular formula is C31H35ClF5NO. The topological polar surface area (TPSA) is 23.5 Å². The van der Waals surface area contributed by atoms with Crippen LogP contribution in [0.5, 0.6) is 0 Å². The monoisotopic (exact) mass is 567 g/mol. The van der Waals surface area contributed by atoms with Crippen LogP contribution >= 0.6 is 11.6 Å². The third kappa shape index (κ3) is 8.26. The molecule has 0 aromatic heterocycles. The molecule has 8 heteroatoms. The molecule has 1 N–H and O–H groups in total. The zero-order chi connectivity index (χ0) is 28.6. The predicted molar refractivity (Wildman–Crippen MR) is 146 cm³/mol. The highest BCUT2D eigenvalue weighted by molar-refractivity contribution is 6.31. The highest BCUT2D eigenvalue weighted by atomic mass is 35.5. The molecule has 1 aliphatic rings. The Kier molecular flexibility index (Phi) is 10.9. The van der Waals surface area contributed by atoms with Gasteiger partial charge in [-0.05, 0) is 85.3 Å². The first-order valence-corrected chi connectivity index (χ1v) is 13.8. The largest absolute Gasteiger partial charge is 0.417 e. The molecule has 1 fully saturated rings. The summed E-state index contributed by atoms with van der Waals surface area (Å²) < 4.78 is 66.7. The fourth-order valence-corrected chi connectivity index (χ4v) is 5.29. The summed E-state index contributed by atoms with van der Waals surface area (Å²) in [5.74, 6) is -0.597. The van der Waals surface area contributed by atoms with E-state index in [1.165, 1.54) is 36.4 Å². The summed E-state index contributed by atoms with van der Waals surface area (Å²) in [7, 11) is 0. The predicted octanol–water partition coefficient (Wildman–Crippen LogP) is 8.95. The number of piperidine rings is 1. The van der Waals surface area contributed by atoms with Crippen molar-refractivity contribution in [3.8, 4) is 0 Å². The van der Waals surface area contributed by atoms with Gasteiger partial charge in [-0.25, -0.2) is 8.78 Å². The summed E-state index contributed by atoms with van der Waals surface area (Å²) in [6.07, 6.45) is -1.34. The molecule has 1 heterocycles. The average molecular weight is 568 g/mol. The van der Waals surface area contributed by atoms with E-state index in [0.717, 1.165) is 43.0 Å². The molecule has 212 valence electrons. The summed E-state index contributed by atoms with van der Waals surface area (Å²) >= 11 is 5.73. The fourth-order valence-electron chi connectivity index (χ4n) is 5.07. The molecule has 4 rings (SSSR count). The smallest absolute Gasteiger partial charge is 0.385 e. The van der Waals surface area contributed by atoms with Crippen molar-refractivity contribution in [3.05, 3.63) is 106 Å². The van der Waals surface area contributed by atoms with E-state index in [1.807, 2.05) is 13.8 Å². The lowest BCUT2D eigenvalue weighted by Gasteiger charge is -2.39. The average Bonchev–Trinajstić information content (AvgIpc) is 2.92. The van der Waals surface area contributed by atoms with Gasteiger partial charge in [0, 0.05) is 19.0 Å². The minimum atomic E-state index is -4.58. The van der Waals surface area contributed by atoms with E-state index >= 15 is 0 Å². The molecule has 0 amide bonds. The Labute approximate surface area is 232 Å². The van der Waals surface area contributed by atoms with Crippen LogP contribution in [0.2, 0.25) is 5.02 Å². The van der Waals surface area contributed by atoms with Gasteiger partial charge in [0.15, 0.2) is 0 Å². The first-order valence-electron chi connectivity index (χ1n) is 13.4. The molecule has 0 unspecified atom stereocenters. The molecule has 39 heavy (non-hydrogen) atoms. The van der Waals surface area contributed by atoms with Crippen molar-refractivity contribution < 1.29 is 27.1 Å². The van der Waals surface area contributed by atoms with Crippen LogP contribution in [0.25, 0.3) is 0 Å². The van der Waals surface area contributed by atoms with Gasteiger partial charge in [0.1, 0.15) is 11.6 Å². The molecule has 0 atom stereocenters. The second-order valence-corrected chi connectivity index (χ2v) is 10.1. The molecule has 2 nitrogen and oxygen atoms in total. The number of halogens is 6. The van der Waals surface area contributed by atoms with E-state index in [2.05, 4.69) is 4.90 Å². The number of unbranched alkanes of at least 4 members (excludes halogenated alkanes) is 1. The van der Waals surface area contributed by atoms with E-state index in [9.17, 15) is 27.1 Å². The van der Waals surface area contributed by atoms with Gasteiger partial charge < -0.3 is 10.0 Å². The summed E-state index contributed by atoms with van der Waals surface area (Å²) in [5.41, 5.74) is -0.0728. The third-order valence-electron chi connectivity index (χ3n) is 7.25. The lowest BCUT2D eigenvalue weighted by atomic mass is 9.83. The number of nitrogens with zero attached hydrogens (tertiary/aromatic N) is 1. The van der Waals surface area contributed by atoms with Crippen LogP contribution in [0.3, 0.4) is 0 Å². The van der Waals surface area contributed by atoms with E-state index in [1.54, 1.807) is 24.3 Å². The Morgan fingerprint density at radius 2 is 1.36 bits per heavy atom. The molecular weight excluding hydrogens is 533 g/mol. The molecule has 0 saturated carbocycles. The van der Waals surface area contributed by atoms with Gasteiger partial charge in [-0.1, -0.05) is 62.2 Å².